The minimum atomic E-state index is 0.660. The van der Waals surface area contributed by atoms with Crippen LogP contribution in [0.25, 0.3) is 0 Å². The first-order valence-electron chi connectivity index (χ1n) is 5.01. The van der Waals surface area contributed by atoms with Crippen molar-refractivity contribution in [3.8, 4) is 0 Å². The van der Waals surface area contributed by atoms with E-state index in [-0.39, 0.29) is 0 Å². The van der Waals surface area contributed by atoms with E-state index in [9.17, 15) is 0 Å². The summed E-state index contributed by atoms with van der Waals surface area (Å²) in [5.41, 5.74) is 2.13. The average molecular weight is 205 g/mol. The molecule has 2 rings (SSSR count). The molecule has 0 unspecified atom stereocenters. The van der Waals surface area contributed by atoms with Gasteiger partial charge >= 0.3 is 0 Å². The molecule has 0 saturated heterocycles. The summed E-state index contributed by atoms with van der Waals surface area (Å²) in [6.45, 7) is 5.34. The summed E-state index contributed by atoms with van der Waals surface area (Å²) >= 11 is 0. The van der Waals surface area contributed by atoms with Gasteiger partial charge in [-0.1, -0.05) is 0 Å². The van der Waals surface area contributed by atoms with Crippen LogP contribution in [0, 0.1) is 13.8 Å². The quantitative estimate of drug-likeness (QED) is 0.801. The van der Waals surface area contributed by atoms with Crippen molar-refractivity contribution in [1.29, 1.82) is 0 Å². The molecule has 2 aromatic rings. The molecule has 0 amide bonds. The van der Waals surface area contributed by atoms with E-state index in [4.69, 9.17) is 4.42 Å². The molecule has 0 aliphatic carbocycles. The van der Waals surface area contributed by atoms with Crippen LogP contribution in [0.2, 0.25) is 0 Å². The molecule has 2 heterocycles. The topological polar surface area (TPSA) is 53.9 Å². The van der Waals surface area contributed by atoms with Crippen LogP contribution in [0.15, 0.2) is 22.7 Å². The van der Waals surface area contributed by atoms with Gasteiger partial charge in [-0.2, -0.15) is 0 Å². The lowest BCUT2D eigenvalue weighted by Crippen LogP contribution is -2.13. The van der Waals surface area contributed by atoms with Gasteiger partial charge in [0, 0.05) is 18.4 Å². The fraction of sp³-hybridized carbons (Fsp3) is 0.364. The highest BCUT2D eigenvalue weighted by Gasteiger charge is 2.04. The van der Waals surface area contributed by atoms with Crippen molar-refractivity contribution in [2.45, 2.75) is 26.9 Å². The number of aromatic amines is 1. The van der Waals surface area contributed by atoms with E-state index < -0.39 is 0 Å². The lowest BCUT2D eigenvalue weighted by atomic mass is 10.4. The fourth-order valence-electron chi connectivity index (χ4n) is 1.40. The van der Waals surface area contributed by atoms with Gasteiger partial charge < -0.3 is 14.7 Å². The van der Waals surface area contributed by atoms with E-state index in [0.29, 0.717) is 6.54 Å². The van der Waals surface area contributed by atoms with Gasteiger partial charge in [-0.05, 0) is 26.0 Å². The lowest BCUT2D eigenvalue weighted by molar-refractivity contribution is 0.448. The largest absolute Gasteiger partial charge is 0.444 e. The first-order chi connectivity index (χ1) is 7.25. The van der Waals surface area contributed by atoms with Gasteiger partial charge in [0.1, 0.15) is 5.76 Å². The molecule has 2 N–H and O–H groups in total. The molecule has 0 aliphatic heterocycles. The maximum Gasteiger partial charge on any atom is 0.208 e. The number of H-pyrrole nitrogens is 1. The highest BCUT2D eigenvalue weighted by atomic mass is 16.4. The third-order valence-corrected chi connectivity index (χ3v) is 2.33. The summed E-state index contributed by atoms with van der Waals surface area (Å²) in [4.78, 5) is 7.42. The van der Waals surface area contributed by atoms with Crippen LogP contribution in [0.4, 0.5) is 0 Å². The average Bonchev–Trinajstić information content (AvgIpc) is 2.79. The smallest absolute Gasteiger partial charge is 0.208 e. The Morgan fingerprint density at radius 1 is 1.40 bits per heavy atom. The number of hydrogen-bond donors (Lipinski definition) is 2. The van der Waals surface area contributed by atoms with Crippen molar-refractivity contribution in [3.05, 3.63) is 41.4 Å². The van der Waals surface area contributed by atoms with E-state index in [2.05, 4.69) is 15.3 Å². The molecule has 0 atom stereocenters. The Labute approximate surface area is 88.7 Å². The Balaban J connectivity index is 1.83. The first kappa shape index (κ1) is 9.98. The number of aromatic nitrogens is 2. The number of rotatable bonds is 4. The summed E-state index contributed by atoms with van der Waals surface area (Å²) in [7, 11) is 0. The third kappa shape index (κ3) is 2.47. The van der Waals surface area contributed by atoms with E-state index in [1.807, 2.05) is 32.2 Å². The molecule has 2 aromatic heterocycles. The van der Waals surface area contributed by atoms with E-state index in [0.717, 1.165) is 29.6 Å². The van der Waals surface area contributed by atoms with Crippen LogP contribution in [0.5, 0.6) is 0 Å². The predicted molar refractivity (Wildman–Crippen MR) is 57.3 cm³/mol. The third-order valence-electron chi connectivity index (χ3n) is 2.33. The molecule has 80 valence electrons. The van der Waals surface area contributed by atoms with Crippen molar-refractivity contribution >= 4 is 0 Å². The van der Waals surface area contributed by atoms with Crippen molar-refractivity contribution in [2.75, 3.05) is 0 Å². The highest BCUT2D eigenvalue weighted by molar-refractivity contribution is 5.06. The predicted octanol–water partition coefficient (Wildman–Crippen LogP) is 1.91. The molecule has 0 saturated carbocycles. The van der Waals surface area contributed by atoms with Gasteiger partial charge in [-0.15, -0.1) is 0 Å². The molecule has 0 bridgehead atoms. The molecule has 4 heteroatoms. The van der Waals surface area contributed by atoms with Crippen LogP contribution < -0.4 is 5.32 Å². The zero-order valence-corrected chi connectivity index (χ0v) is 9.00. The SMILES string of the molecule is Cc1nc(CNCc2ccc[nH]2)oc1C. The van der Waals surface area contributed by atoms with E-state index in [1.165, 1.54) is 0 Å². The summed E-state index contributed by atoms with van der Waals surface area (Å²) in [5, 5.41) is 3.26. The Morgan fingerprint density at radius 2 is 2.27 bits per heavy atom. The minimum absolute atomic E-state index is 0.660. The van der Waals surface area contributed by atoms with Crippen LogP contribution in [0.3, 0.4) is 0 Å². The van der Waals surface area contributed by atoms with Gasteiger partial charge in [0.15, 0.2) is 0 Å². The summed E-state index contributed by atoms with van der Waals surface area (Å²) in [5.74, 6) is 1.64. The summed E-state index contributed by atoms with van der Waals surface area (Å²) in [6.07, 6.45) is 1.91. The second-order valence-electron chi connectivity index (χ2n) is 3.55. The van der Waals surface area contributed by atoms with Gasteiger partial charge in [-0.25, -0.2) is 4.98 Å². The lowest BCUT2D eigenvalue weighted by Gasteiger charge is -1.98. The monoisotopic (exact) mass is 205 g/mol. The molecule has 0 aromatic carbocycles. The number of aryl methyl sites for hydroxylation is 2. The van der Waals surface area contributed by atoms with Crippen molar-refractivity contribution in [1.82, 2.24) is 15.3 Å². The number of nitrogens with one attached hydrogen (secondary N) is 2. The summed E-state index contributed by atoms with van der Waals surface area (Å²) in [6, 6.07) is 4.02. The van der Waals surface area contributed by atoms with Crippen LogP contribution in [-0.4, -0.2) is 9.97 Å². The standard InChI is InChI=1S/C11H15N3O/c1-8-9(2)15-11(14-8)7-12-6-10-4-3-5-13-10/h3-5,12-13H,6-7H2,1-2H3. The maximum atomic E-state index is 5.45. The van der Waals surface area contributed by atoms with Crippen LogP contribution >= 0.6 is 0 Å². The molecular formula is C11H15N3O. The number of nitrogens with zero attached hydrogens (tertiary/aromatic N) is 1. The Kier molecular flexibility index (Phi) is 2.87. The van der Waals surface area contributed by atoms with E-state index in [1.54, 1.807) is 0 Å². The Hall–Kier alpha value is -1.55. The Morgan fingerprint density at radius 3 is 2.87 bits per heavy atom. The number of hydrogen-bond acceptors (Lipinski definition) is 3. The molecule has 0 spiro atoms. The van der Waals surface area contributed by atoms with E-state index >= 15 is 0 Å². The molecule has 0 fully saturated rings. The molecule has 4 nitrogen and oxygen atoms in total. The molecule has 0 radical (unpaired) electrons. The van der Waals surface area contributed by atoms with Gasteiger partial charge in [0.2, 0.25) is 5.89 Å². The van der Waals surface area contributed by atoms with Gasteiger partial charge in [0.25, 0.3) is 0 Å². The second kappa shape index (κ2) is 4.31. The second-order valence-corrected chi connectivity index (χ2v) is 3.55. The van der Waals surface area contributed by atoms with Crippen LogP contribution in [0.1, 0.15) is 23.0 Å². The molecule has 0 aliphatic rings. The maximum absolute atomic E-state index is 5.45. The molecule has 15 heavy (non-hydrogen) atoms. The zero-order valence-electron chi connectivity index (χ0n) is 9.00. The fourth-order valence-corrected chi connectivity index (χ4v) is 1.40. The highest BCUT2D eigenvalue weighted by Crippen LogP contribution is 2.07. The van der Waals surface area contributed by atoms with Crippen molar-refractivity contribution < 1.29 is 4.42 Å². The summed E-state index contributed by atoms with van der Waals surface area (Å²) < 4.78 is 5.45. The Bertz CT molecular complexity index is 397. The van der Waals surface area contributed by atoms with Crippen molar-refractivity contribution in [3.63, 3.8) is 0 Å². The molecular weight excluding hydrogens is 190 g/mol. The number of oxazole rings is 1. The van der Waals surface area contributed by atoms with Crippen LogP contribution in [-0.2, 0) is 13.1 Å². The van der Waals surface area contributed by atoms with Gasteiger partial charge in [-0.3, -0.25) is 0 Å². The first-order valence-corrected chi connectivity index (χ1v) is 5.01. The minimum Gasteiger partial charge on any atom is -0.444 e. The zero-order chi connectivity index (χ0) is 10.7. The normalized spacial score (nSPS) is 10.8. The van der Waals surface area contributed by atoms with Crippen molar-refractivity contribution in [2.24, 2.45) is 0 Å². The van der Waals surface area contributed by atoms with Gasteiger partial charge in [0.05, 0.1) is 12.2 Å².